The lowest BCUT2D eigenvalue weighted by molar-refractivity contribution is 0.0710. The summed E-state index contributed by atoms with van der Waals surface area (Å²) in [4.78, 5) is 34.4. The van der Waals surface area contributed by atoms with Gasteiger partial charge in [0.25, 0.3) is 11.5 Å². The third-order valence-corrected chi connectivity index (χ3v) is 5.50. The Morgan fingerprint density at radius 3 is 2.57 bits per heavy atom. The van der Waals surface area contributed by atoms with Crippen LogP contribution in [0.5, 0.6) is 0 Å². The van der Waals surface area contributed by atoms with Gasteiger partial charge in [-0.05, 0) is 64.8 Å². The van der Waals surface area contributed by atoms with Gasteiger partial charge in [-0.3, -0.25) is 14.0 Å². The van der Waals surface area contributed by atoms with Crippen LogP contribution in [0.3, 0.4) is 0 Å². The maximum atomic E-state index is 12.8. The summed E-state index contributed by atoms with van der Waals surface area (Å²) in [5, 5.41) is 3.62. The molecule has 2 N–H and O–H groups in total. The number of aromatic amines is 1. The summed E-state index contributed by atoms with van der Waals surface area (Å²) >= 11 is 0. The van der Waals surface area contributed by atoms with Gasteiger partial charge in [-0.15, -0.1) is 0 Å². The number of pyridine rings is 2. The average Bonchev–Trinajstić information content (AvgIpc) is 3.05. The minimum absolute atomic E-state index is 0.0936. The lowest BCUT2D eigenvalue weighted by Gasteiger charge is -2.32. The number of anilines is 1. The van der Waals surface area contributed by atoms with Crippen molar-refractivity contribution >= 4 is 17.4 Å². The fourth-order valence-electron chi connectivity index (χ4n) is 4.05. The number of fused-ring (bicyclic) bond motifs is 1. The zero-order valence-corrected chi connectivity index (χ0v) is 18.0. The van der Waals surface area contributed by atoms with Gasteiger partial charge in [0.2, 0.25) is 0 Å². The molecule has 0 spiro atoms. The summed E-state index contributed by atoms with van der Waals surface area (Å²) in [6.45, 7) is 9.44. The van der Waals surface area contributed by atoms with E-state index in [-0.39, 0.29) is 28.5 Å². The van der Waals surface area contributed by atoms with Crippen molar-refractivity contribution in [2.24, 2.45) is 0 Å². The summed E-state index contributed by atoms with van der Waals surface area (Å²) in [7, 11) is 0. The third kappa shape index (κ3) is 3.97. The zero-order valence-electron chi connectivity index (χ0n) is 18.0. The number of likely N-dealkylation sites (tertiary alicyclic amines) is 1. The Hall–Kier alpha value is -3.09. The topological polar surface area (TPSA) is 82.5 Å². The highest BCUT2D eigenvalue weighted by molar-refractivity contribution is 5.93. The molecule has 0 unspecified atom stereocenters. The van der Waals surface area contributed by atoms with Gasteiger partial charge in [0.15, 0.2) is 0 Å². The number of nitrogens with zero attached hydrogens (tertiary/aromatic N) is 3. The monoisotopic (exact) mass is 407 g/mol. The first-order valence-corrected chi connectivity index (χ1v) is 10.5. The van der Waals surface area contributed by atoms with Crippen molar-refractivity contribution in [2.45, 2.75) is 52.0 Å². The molecule has 1 aliphatic heterocycles. The van der Waals surface area contributed by atoms with E-state index in [0.29, 0.717) is 13.1 Å². The Kier molecular flexibility index (Phi) is 5.13. The maximum absolute atomic E-state index is 12.8. The number of H-pyrrole nitrogens is 1. The van der Waals surface area contributed by atoms with Crippen LogP contribution in [0, 0.1) is 6.92 Å². The fourth-order valence-corrected chi connectivity index (χ4v) is 4.05. The number of piperidine rings is 1. The van der Waals surface area contributed by atoms with Gasteiger partial charge in [-0.25, -0.2) is 4.98 Å². The Labute approximate surface area is 176 Å². The predicted octanol–water partition coefficient (Wildman–Crippen LogP) is 3.56. The summed E-state index contributed by atoms with van der Waals surface area (Å²) < 4.78 is 2.10. The van der Waals surface area contributed by atoms with E-state index < -0.39 is 0 Å². The number of carbonyl (C=O) groups is 1. The van der Waals surface area contributed by atoms with Gasteiger partial charge in [-0.2, -0.15) is 0 Å². The van der Waals surface area contributed by atoms with Gasteiger partial charge in [-0.1, -0.05) is 6.07 Å². The molecular formula is C23H29N5O2. The number of nitrogens with one attached hydrogen (secondary N) is 2. The predicted molar refractivity (Wildman–Crippen MR) is 118 cm³/mol. The number of rotatable bonds is 3. The Morgan fingerprint density at radius 2 is 1.90 bits per heavy atom. The van der Waals surface area contributed by atoms with Crippen molar-refractivity contribution in [3.8, 4) is 0 Å². The molecule has 0 saturated carbocycles. The van der Waals surface area contributed by atoms with Crippen LogP contribution in [0.4, 0.5) is 5.82 Å². The Morgan fingerprint density at radius 1 is 1.17 bits per heavy atom. The van der Waals surface area contributed by atoms with Gasteiger partial charge in [0.1, 0.15) is 17.0 Å². The van der Waals surface area contributed by atoms with Crippen LogP contribution >= 0.6 is 0 Å². The zero-order chi connectivity index (χ0) is 21.5. The van der Waals surface area contributed by atoms with E-state index in [4.69, 9.17) is 4.98 Å². The quantitative estimate of drug-likeness (QED) is 0.695. The minimum atomic E-state index is -0.320. The van der Waals surface area contributed by atoms with Gasteiger partial charge in [0, 0.05) is 36.4 Å². The SMILES string of the molecule is Cc1ccc(C(=O)N2CCC(c3nc4ccccn4c3NC(C)(C)C)CC2)c(=O)[nH]1. The molecule has 158 valence electrons. The third-order valence-electron chi connectivity index (χ3n) is 5.50. The molecule has 1 fully saturated rings. The van der Waals surface area contributed by atoms with Crippen LogP contribution < -0.4 is 10.9 Å². The second-order valence-electron chi connectivity index (χ2n) is 9.10. The van der Waals surface area contributed by atoms with Crippen molar-refractivity contribution in [3.05, 3.63) is 63.8 Å². The van der Waals surface area contributed by atoms with Crippen LogP contribution in [0.15, 0.2) is 41.3 Å². The molecule has 4 rings (SSSR count). The maximum Gasteiger partial charge on any atom is 0.260 e. The highest BCUT2D eigenvalue weighted by Crippen LogP contribution is 2.34. The molecule has 1 amide bonds. The normalized spacial score (nSPS) is 15.5. The number of hydrogen-bond acceptors (Lipinski definition) is 4. The van der Waals surface area contributed by atoms with Crippen LogP contribution in [0.1, 0.15) is 61.3 Å². The second kappa shape index (κ2) is 7.63. The molecule has 3 aromatic rings. The van der Waals surface area contributed by atoms with E-state index >= 15 is 0 Å². The highest BCUT2D eigenvalue weighted by atomic mass is 16.2. The molecule has 1 aliphatic rings. The van der Waals surface area contributed by atoms with E-state index in [9.17, 15) is 9.59 Å². The molecule has 0 bridgehead atoms. The number of amides is 1. The van der Waals surface area contributed by atoms with Crippen molar-refractivity contribution < 1.29 is 4.79 Å². The first kappa shape index (κ1) is 20.2. The lowest BCUT2D eigenvalue weighted by atomic mass is 9.92. The van der Waals surface area contributed by atoms with Crippen LogP contribution in [0.25, 0.3) is 5.65 Å². The smallest absolute Gasteiger partial charge is 0.260 e. The van der Waals surface area contributed by atoms with Crippen LogP contribution in [-0.4, -0.2) is 43.8 Å². The van der Waals surface area contributed by atoms with E-state index in [1.165, 1.54) is 0 Å². The average molecular weight is 408 g/mol. The molecule has 0 aliphatic carbocycles. The van der Waals surface area contributed by atoms with E-state index in [0.717, 1.165) is 35.7 Å². The molecule has 30 heavy (non-hydrogen) atoms. The number of imidazole rings is 1. The molecule has 0 radical (unpaired) electrons. The first-order chi connectivity index (χ1) is 14.2. The number of hydrogen-bond donors (Lipinski definition) is 2. The molecular weight excluding hydrogens is 378 g/mol. The molecule has 1 saturated heterocycles. The molecule has 4 heterocycles. The summed E-state index contributed by atoms with van der Waals surface area (Å²) in [6, 6.07) is 9.40. The van der Waals surface area contributed by atoms with E-state index in [1.807, 2.05) is 24.4 Å². The summed E-state index contributed by atoms with van der Waals surface area (Å²) in [5.41, 5.74) is 2.52. The largest absolute Gasteiger partial charge is 0.365 e. The van der Waals surface area contributed by atoms with Crippen LogP contribution in [0.2, 0.25) is 0 Å². The van der Waals surface area contributed by atoms with Gasteiger partial charge < -0.3 is 15.2 Å². The second-order valence-corrected chi connectivity index (χ2v) is 9.10. The molecule has 7 nitrogen and oxygen atoms in total. The standard InChI is InChI=1S/C23H29N5O2/c1-15-8-9-17(21(29)24-15)22(30)27-13-10-16(11-14-27)19-20(26-23(2,3)4)28-12-6-5-7-18(28)25-19/h5-9,12,16,26H,10-11,13-14H2,1-4H3,(H,24,29). The molecule has 0 atom stereocenters. The van der Waals surface area contributed by atoms with E-state index in [1.54, 1.807) is 24.0 Å². The van der Waals surface area contributed by atoms with Gasteiger partial charge in [0.05, 0.1) is 5.69 Å². The molecule has 0 aromatic carbocycles. The summed E-state index contributed by atoms with van der Waals surface area (Å²) in [6.07, 6.45) is 3.67. The first-order valence-electron chi connectivity index (χ1n) is 10.5. The number of carbonyl (C=O) groups excluding carboxylic acids is 1. The van der Waals surface area contributed by atoms with E-state index in [2.05, 4.69) is 35.5 Å². The fraction of sp³-hybridized carbons (Fsp3) is 0.435. The van der Waals surface area contributed by atoms with Crippen molar-refractivity contribution in [1.29, 1.82) is 0 Å². The lowest BCUT2D eigenvalue weighted by Crippen LogP contribution is -2.40. The summed E-state index contributed by atoms with van der Waals surface area (Å²) in [5.74, 6) is 1.09. The van der Waals surface area contributed by atoms with Crippen molar-refractivity contribution in [1.82, 2.24) is 19.3 Å². The highest BCUT2D eigenvalue weighted by Gasteiger charge is 2.30. The van der Waals surface area contributed by atoms with Crippen LogP contribution in [-0.2, 0) is 0 Å². The minimum Gasteiger partial charge on any atom is -0.365 e. The van der Waals surface area contributed by atoms with Gasteiger partial charge >= 0.3 is 0 Å². The molecule has 3 aromatic heterocycles. The van der Waals surface area contributed by atoms with Crippen molar-refractivity contribution in [3.63, 3.8) is 0 Å². The Bertz CT molecular complexity index is 1130. The number of aryl methyl sites for hydroxylation is 1. The molecule has 7 heteroatoms. The van der Waals surface area contributed by atoms with Crippen molar-refractivity contribution in [2.75, 3.05) is 18.4 Å². The number of aromatic nitrogens is 3. The Balaban J connectivity index is 1.55.